The second kappa shape index (κ2) is 7.45. The van der Waals surface area contributed by atoms with Gasteiger partial charge in [0.25, 0.3) is 5.91 Å². The number of thiophene rings is 1. The lowest BCUT2D eigenvalue weighted by atomic mass is 9.99. The Kier molecular flexibility index (Phi) is 5.11. The van der Waals surface area contributed by atoms with Crippen molar-refractivity contribution in [2.24, 2.45) is 5.92 Å². The van der Waals surface area contributed by atoms with Gasteiger partial charge in [-0.1, -0.05) is 0 Å². The minimum Gasteiger partial charge on any atom is -0.477 e. The Labute approximate surface area is 145 Å². The molecule has 1 unspecified atom stereocenters. The van der Waals surface area contributed by atoms with Crippen LogP contribution >= 0.6 is 11.3 Å². The first kappa shape index (κ1) is 16.5. The van der Waals surface area contributed by atoms with Gasteiger partial charge >= 0.3 is 0 Å². The Hall–Kier alpha value is -2.39. The van der Waals surface area contributed by atoms with E-state index in [9.17, 15) is 4.79 Å². The number of carbonyl (C=O) groups excluding carboxylic acids is 1. The highest BCUT2D eigenvalue weighted by molar-refractivity contribution is 7.12. The number of ether oxygens (including phenoxy) is 1. The summed E-state index contributed by atoms with van der Waals surface area (Å²) < 4.78 is 5.73. The third-order valence-corrected chi connectivity index (χ3v) is 5.11. The molecule has 1 atom stereocenters. The number of amides is 1. The molecule has 3 rings (SSSR count). The molecule has 1 fully saturated rings. The van der Waals surface area contributed by atoms with Crippen LogP contribution in [0.3, 0.4) is 0 Å². The van der Waals surface area contributed by atoms with Gasteiger partial charge in [0.2, 0.25) is 5.88 Å². The van der Waals surface area contributed by atoms with Crippen molar-refractivity contribution in [3.05, 3.63) is 45.8 Å². The van der Waals surface area contributed by atoms with Gasteiger partial charge in [0.15, 0.2) is 0 Å². The minimum absolute atomic E-state index is 0.113. The fourth-order valence-electron chi connectivity index (χ4n) is 2.85. The van der Waals surface area contributed by atoms with Crippen LogP contribution in [0.5, 0.6) is 5.88 Å². The number of pyridine rings is 1. The highest BCUT2D eigenvalue weighted by Gasteiger charge is 2.25. The summed E-state index contributed by atoms with van der Waals surface area (Å²) in [5, 5.41) is 10.9. The van der Waals surface area contributed by atoms with Gasteiger partial charge in [-0.05, 0) is 42.8 Å². The molecule has 1 amide bonds. The summed E-state index contributed by atoms with van der Waals surface area (Å²) >= 11 is 1.50. The second-order valence-corrected chi connectivity index (χ2v) is 6.96. The van der Waals surface area contributed by atoms with Crippen LogP contribution in [0.25, 0.3) is 0 Å². The van der Waals surface area contributed by atoms with Crippen LogP contribution in [0.15, 0.2) is 29.8 Å². The highest BCUT2D eigenvalue weighted by Crippen LogP contribution is 2.22. The molecule has 124 valence electrons. The summed E-state index contributed by atoms with van der Waals surface area (Å²) in [5.41, 5.74) is 1.66. The monoisotopic (exact) mass is 341 g/mol. The summed E-state index contributed by atoms with van der Waals surface area (Å²) in [6, 6.07) is 7.31. The summed E-state index contributed by atoms with van der Waals surface area (Å²) in [6.45, 7) is 4.01. The number of hydrogen-bond acceptors (Lipinski definition) is 5. The number of nitriles is 1. The molecule has 3 heterocycles. The zero-order chi connectivity index (χ0) is 16.9. The van der Waals surface area contributed by atoms with Gasteiger partial charge in [-0.2, -0.15) is 5.26 Å². The Bertz CT molecular complexity index is 766. The van der Waals surface area contributed by atoms with Crippen molar-refractivity contribution in [3.8, 4) is 11.9 Å². The van der Waals surface area contributed by atoms with E-state index in [1.165, 1.54) is 11.3 Å². The van der Waals surface area contributed by atoms with Crippen LogP contribution in [0.4, 0.5) is 0 Å². The van der Waals surface area contributed by atoms with Crippen molar-refractivity contribution in [2.45, 2.75) is 19.8 Å². The lowest BCUT2D eigenvalue weighted by molar-refractivity contribution is 0.0636. The molecule has 1 aliphatic rings. The van der Waals surface area contributed by atoms with Crippen molar-refractivity contribution in [1.82, 2.24) is 9.88 Å². The number of hydrogen-bond donors (Lipinski definition) is 0. The largest absolute Gasteiger partial charge is 0.477 e. The summed E-state index contributed by atoms with van der Waals surface area (Å²) in [7, 11) is 0. The van der Waals surface area contributed by atoms with Crippen molar-refractivity contribution in [3.63, 3.8) is 0 Å². The number of piperidine rings is 1. The smallest absolute Gasteiger partial charge is 0.263 e. The standard InChI is InChI=1S/C18H19N3O2S/c1-13-7-16(24-12-13)18(22)21-6-2-3-15(10-21)11-23-17-8-14(9-19)4-5-20-17/h4-5,7-8,12,15H,2-3,6,10-11H2,1H3. The molecular weight excluding hydrogens is 322 g/mol. The van der Waals surface area contributed by atoms with Crippen molar-refractivity contribution in [2.75, 3.05) is 19.7 Å². The predicted octanol–water partition coefficient (Wildman–Crippen LogP) is 3.25. The molecule has 1 aliphatic heterocycles. The van der Waals surface area contributed by atoms with Crippen molar-refractivity contribution in [1.29, 1.82) is 5.26 Å². The molecule has 0 spiro atoms. The summed E-state index contributed by atoms with van der Waals surface area (Å²) in [6.07, 6.45) is 3.59. The fraction of sp³-hybridized carbons (Fsp3) is 0.389. The maximum absolute atomic E-state index is 12.6. The van der Waals surface area contributed by atoms with Crippen LogP contribution in [-0.4, -0.2) is 35.5 Å². The number of aryl methyl sites for hydroxylation is 1. The van der Waals surface area contributed by atoms with Gasteiger partial charge in [0.05, 0.1) is 23.1 Å². The van der Waals surface area contributed by atoms with Crippen molar-refractivity contribution < 1.29 is 9.53 Å². The third kappa shape index (κ3) is 3.92. The highest BCUT2D eigenvalue weighted by atomic mass is 32.1. The molecule has 5 nitrogen and oxygen atoms in total. The van der Waals surface area contributed by atoms with Gasteiger partial charge in [-0.25, -0.2) is 4.98 Å². The number of nitrogens with zero attached hydrogens (tertiary/aromatic N) is 3. The summed E-state index contributed by atoms with van der Waals surface area (Å²) in [4.78, 5) is 19.4. The van der Waals surface area contributed by atoms with E-state index in [1.54, 1.807) is 18.3 Å². The molecule has 0 aliphatic carbocycles. The van der Waals surface area contributed by atoms with E-state index in [0.717, 1.165) is 29.8 Å². The number of rotatable bonds is 4. The lowest BCUT2D eigenvalue weighted by Crippen LogP contribution is -2.41. The van der Waals surface area contributed by atoms with E-state index in [0.29, 0.717) is 24.6 Å². The Balaban J connectivity index is 1.57. The zero-order valence-electron chi connectivity index (χ0n) is 13.6. The van der Waals surface area contributed by atoms with Crippen LogP contribution in [-0.2, 0) is 0 Å². The maximum atomic E-state index is 12.6. The second-order valence-electron chi connectivity index (χ2n) is 6.05. The number of likely N-dealkylation sites (tertiary alicyclic amines) is 1. The molecule has 0 bridgehead atoms. The SMILES string of the molecule is Cc1csc(C(=O)N2CCCC(COc3cc(C#N)ccn3)C2)c1. The van der Waals surface area contributed by atoms with Gasteiger partial charge in [-0.3, -0.25) is 4.79 Å². The van der Waals surface area contributed by atoms with E-state index in [-0.39, 0.29) is 11.8 Å². The first-order valence-electron chi connectivity index (χ1n) is 7.99. The Morgan fingerprint density at radius 3 is 3.17 bits per heavy atom. The molecule has 0 radical (unpaired) electrons. The molecule has 1 saturated heterocycles. The number of aromatic nitrogens is 1. The molecular formula is C18H19N3O2S. The first-order valence-corrected chi connectivity index (χ1v) is 8.87. The van der Waals surface area contributed by atoms with Crippen LogP contribution in [0.2, 0.25) is 0 Å². The topological polar surface area (TPSA) is 66.2 Å². The van der Waals surface area contributed by atoms with Gasteiger partial charge in [-0.15, -0.1) is 11.3 Å². The predicted molar refractivity (Wildman–Crippen MR) is 92.1 cm³/mol. The van der Waals surface area contributed by atoms with E-state index < -0.39 is 0 Å². The molecule has 0 saturated carbocycles. The summed E-state index contributed by atoms with van der Waals surface area (Å²) in [5.74, 6) is 0.866. The lowest BCUT2D eigenvalue weighted by Gasteiger charge is -2.32. The van der Waals surface area contributed by atoms with Crippen LogP contribution in [0.1, 0.15) is 33.6 Å². The molecule has 2 aromatic rings. The molecule has 2 aromatic heterocycles. The Morgan fingerprint density at radius 1 is 1.54 bits per heavy atom. The normalized spacial score (nSPS) is 17.3. The van der Waals surface area contributed by atoms with E-state index >= 15 is 0 Å². The zero-order valence-corrected chi connectivity index (χ0v) is 14.4. The van der Waals surface area contributed by atoms with Crippen molar-refractivity contribution >= 4 is 17.2 Å². The molecule has 6 heteroatoms. The van der Waals surface area contributed by atoms with Crippen LogP contribution < -0.4 is 4.74 Å². The van der Waals surface area contributed by atoms with Gasteiger partial charge in [0.1, 0.15) is 0 Å². The Morgan fingerprint density at radius 2 is 2.42 bits per heavy atom. The average molecular weight is 341 g/mol. The molecule has 0 aromatic carbocycles. The van der Waals surface area contributed by atoms with E-state index in [1.807, 2.05) is 23.3 Å². The quantitative estimate of drug-likeness (QED) is 0.856. The molecule has 0 N–H and O–H groups in total. The van der Waals surface area contributed by atoms with Gasteiger partial charge in [0, 0.05) is 31.3 Å². The van der Waals surface area contributed by atoms with E-state index in [2.05, 4.69) is 11.1 Å². The van der Waals surface area contributed by atoms with E-state index in [4.69, 9.17) is 10.00 Å². The fourth-order valence-corrected chi connectivity index (χ4v) is 3.71. The average Bonchev–Trinajstić information content (AvgIpc) is 3.06. The molecule has 24 heavy (non-hydrogen) atoms. The maximum Gasteiger partial charge on any atom is 0.263 e. The third-order valence-electron chi connectivity index (χ3n) is 4.08. The first-order chi connectivity index (χ1) is 11.7. The minimum atomic E-state index is 0.113. The van der Waals surface area contributed by atoms with Gasteiger partial charge < -0.3 is 9.64 Å². The van der Waals surface area contributed by atoms with Crippen LogP contribution in [0, 0.1) is 24.2 Å². The number of carbonyl (C=O) groups is 1.